The molecule has 0 aliphatic heterocycles. The first-order chi connectivity index (χ1) is 8.61. The summed E-state index contributed by atoms with van der Waals surface area (Å²) in [7, 11) is 1.75. The van der Waals surface area contributed by atoms with Crippen LogP contribution in [-0.2, 0) is 9.53 Å². The van der Waals surface area contributed by atoms with Crippen molar-refractivity contribution in [1.82, 2.24) is 10.6 Å². The number of esters is 1. The van der Waals surface area contributed by atoms with Gasteiger partial charge in [0.1, 0.15) is 0 Å². The minimum Gasteiger partial charge on any atom is -0.463 e. The maximum Gasteiger partial charge on any atom is 0.307 e. The van der Waals surface area contributed by atoms with Crippen LogP contribution in [0.25, 0.3) is 0 Å². The van der Waals surface area contributed by atoms with Gasteiger partial charge in [0.15, 0.2) is 5.96 Å². The van der Waals surface area contributed by atoms with Crippen molar-refractivity contribution in [2.45, 2.75) is 58.1 Å². The van der Waals surface area contributed by atoms with E-state index in [0.29, 0.717) is 19.0 Å². The molecule has 0 spiro atoms. The molecule has 1 saturated carbocycles. The van der Waals surface area contributed by atoms with E-state index in [0.717, 1.165) is 5.96 Å². The topological polar surface area (TPSA) is 62.7 Å². The van der Waals surface area contributed by atoms with Gasteiger partial charge in [-0.15, -0.1) is 0 Å². The van der Waals surface area contributed by atoms with Crippen molar-refractivity contribution in [1.29, 1.82) is 0 Å². The maximum atomic E-state index is 11.3. The molecule has 0 heterocycles. The van der Waals surface area contributed by atoms with Crippen molar-refractivity contribution in [3.63, 3.8) is 0 Å². The Morgan fingerprint density at radius 1 is 1.39 bits per heavy atom. The van der Waals surface area contributed by atoms with E-state index >= 15 is 0 Å². The van der Waals surface area contributed by atoms with Crippen LogP contribution in [0.2, 0.25) is 0 Å². The van der Waals surface area contributed by atoms with E-state index in [9.17, 15) is 4.79 Å². The number of carbonyl (C=O) groups is 1. The standard InChI is InChI=1S/C13H25N3O2/c1-10(2)18-12(17)8-9-15-13(14-3)16-11-6-4-5-7-11/h10-11H,4-9H2,1-3H3,(H2,14,15,16). The first-order valence-corrected chi connectivity index (χ1v) is 6.78. The van der Waals surface area contributed by atoms with Crippen LogP contribution in [0.15, 0.2) is 4.99 Å². The highest BCUT2D eigenvalue weighted by Crippen LogP contribution is 2.17. The zero-order chi connectivity index (χ0) is 13.4. The molecule has 0 atom stereocenters. The average molecular weight is 255 g/mol. The first-order valence-electron chi connectivity index (χ1n) is 6.78. The Morgan fingerprint density at radius 2 is 2.06 bits per heavy atom. The average Bonchev–Trinajstić information content (AvgIpc) is 2.79. The Balaban J connectivity index is 2.17. The van der Waals surface area contributed by atoms with Gasteiger partial charge < -0.3 is 15.4 Å². The second-order valence-corrected chi connectivity index (χ2v) is 4.91. The first kappa shape index (κ1) is 14.8. The van der Waals surface area contributed by atoms with Crippen molar-refractivity contribution >= 4 is 11.9 Å². The number of guanidine groups is 1. The highest BCUT2D eigenvalue weighted by atomic mass is 16.5. The number of aliphatic imine (C=N–C) groups is 1. The second kappa shape index (κ2) is 7.95. The minimum absolute atomic E-state index is 0.0478. The van der Waals surface area contributed by atoms with Crippen LogP contribution < -0.4 is 10.6 Å². The Morgan fingerprint density at radius 3 is 2.61 bits per heavy atom. The van der Waals surface area contributed by atoms with E-state index in [1.807, 2.05) is 13.8 Å². The van der Waals surface area contributed by atoms with Gasteiger partial charge in [-0.2, -0.15) is 0 Å². The number of nitrogens with zero attached hydrogens (tertiary/aromatic N) is 1. The zero-order valence-electron chi connectivity index (χ0n) is 11.7. The SMILES string of the molecule is CN=C(NCCC(=O)OC(C)C)NC1CCCC1. The van der Waals surface area contributed by atoms with Gasteiger partial charge in [0.25, 0.3) is 0 Å². The quantitative estimate of drug-likeness (QED) is 0.443. The molecule has 0 aromatic heterocycles. The summed E-state index contributed by atoms with van der Waals surface area (Å²) in [4.78, 5) is 15.5. The number of rotatable bonds is 5. The Bertz CT molecular complexity index is 284. The van der Waals surface area contributed by atoms with Gasteiger partial charge in [-0.05, 0) is 26.7 Å². The third kappa shape index (κ3) is 5.89. The van der Waals surface area contributed by atoms with E-state index in [2.05, 4.69) is 15.6 Å². The summed E-state index contributed by atoms with van der Waals surface area (Å²) in [5.41, 5.74) is 0. The minimum atomic E-state index is -0.172. The molecule has 18 heavy (non-hydrogen) atoms. The van der Waals surface area contributed by atoms with Gasteiger partial charge in [-0.25, -0.2) is 0 Å². The number of carbonyl (C=O) groups excluding carboxylic acids is 1. The van der Waals surface area contributed by atoms with Crippen LogP contribution in [-0.4, -0.2) is 37.7 Å². The van der Waals surface area contributed by atoms with Crippen molar-refractivity contribution in [3.05, 3.63) is 0 Å². The van der Waals surface area contributed by atoms with Crippen LogP contribution in [0.3, 0.4) is 0 Å². The molecular weight excluding hydrogens is 230 g/mol. The van der Waals surface area contributed by atoms with Crippen molar-refractivity contribution in [2.24, 2.45) is 4.99 Å². The Labute approximate surface area is 109 Å². The molecule has 0 unspecified atom stereocenters. The van der Waals surface area contributed by atoms with E-state index in [1.54, 1.807) is 7.05 Å². The molecule has 5 nitrogen and oxygen atoms in total. The lowest BCUT2D eigenvalue weighted by Crippen LogP contribution is -2.43. The molecule has 0 aromatic carbocycles. The third-order valence-corrected chi connectivity index (χ3v) is 2.91. The zero-order valence-corrected chi connectivity index (χ0v) is 11.7. The highest BCUT2D eigenvalue weighted by Gasteiger charge is 2.15. The molecule has 1 aliphatic rings. The fraction of sp³-hybridized carbons (Fsp3) is 0.846. The lowest BCUT2D eigenvalue weighted by Gasteiger charge is -2.16. The molecule has 104 valence electrons. The molecule has 2 N–H and O–H groups in total. The second-order valence-electron chi connectivity index (χ2n) is 4.91. The molecule has 0 aromatic rings. The van der Waals surface area contributed by atoms with Crippen LogP contribution in [0.5, 0.6) is 0 Å². The van der Waals surface area contributed by atoms with Gasteiger partial charge in [-0.3, -0.25) is 9.79 Å². The summed E-state index contributed by atoms with van der Waals surface area (Å²) in [6, 6.07) is 0.527. The van der Waals surface area contributed by atoms with Gasteiger partial charge >= 0.3 is 5.97 Å². The van der Waals surface area contributed by atoms with Crippen LogP contribution >= 0.6 is 0 Å². The molecule has 0 saturated heterocycles. The number of hydrogen-bond donors (Lipinski definition) is 2. The summed E-state index contributed by atoms with van der Waals surface area (Å²) >= 11 is 0. The predicted octanol–water partition coefficient (Wildman–Crippen LogP) is 1.44. The van der Waals surface area contributed by atoms with Gasteiger partial charge in [-0.1, -0.05) is 12.8 Å². The van der Waals surface area contributed by atoms with Crippen molar-refractivity contribution < 1.29 is 9.53 Å². The maximum absolute atomic E-state index is 11.3. The lowest BCUT2D eigenvalue weighted by atomic mass is 10.2. The normalized spacial score (nSPS) is 17.0. The Hall–Kier alpha value is -1.26. The third-order valence-electron chi connectivity index (χ3n) is 2.91. The van der Waals surface area contributed by atoms with Crippen LogP contribution in [0, 0.1) is 0 Å². The van der Waals surface area contributed by atoms with Crippen molar-refractivity contribution in [3.8, 4) is 0 Å². The molecule has 5 heteroatoms. The number of hydrogen-bond acceptors (Lipinski definition) is 3. The molecule has 1 aliphatic carbocycles. The monoisotopic (exact) mass is 255 g/mol. The fourth-order valence-corrected chi connectivity index (χ4v) is 2.06. The smallest absolute Gasteiger partial charge is 0.307 e. The van der Waals surface area contributed by atoms with Crippen LogP contribution in [0.4, 0.5) is 0 Å². The summed E-state index contributed by atoms with van der Waals surface area (Å²) in [5, 5.41) is 6.51. The number of nitrogens with one attached hydrogen (secondary N) is 2. The summed E-state index contributed by atoms with van der Waals surface area (Å²) in [6.45, 7) is 4.26. The van der Waals surface area contributed by atoms with E-state index in [-0.39, 0.29) is 12.1 Å². The summed E-state index contributed by atoms with van der Waals surface area (Å²) in [5.74, 6) is 0.605. The van der Waals surface area contributed by atoms with Crippen molar-refractivity contribution in [2.75, 3.05) is 13.6 Å². The van der Waals surface area contributed by atoms with E-state index < -0.39 is 0 Å². The molecule has 0 radical (unpaired) electrons. The van der Waals surface area contributed by atoms with Gasteiger partial charge in [0.05, 0.1) is 12.5 Å². The van der Waals surface area contributed by atoms with E-state index in [4.69, 9.17) is 4.74 Å². The summed E-state index contributed by atoms with van der Waals surface area (Å²) in [6.07, 6.45) is 5.30. The fourth-order valence-electron chi connectivity index (χ4n) is 2.06. The predicted molar refractivity (Wildman–Crippen MR) is 72.6 cm³/mol. The van der Waals surface area contributed by atoms with Gasteiger partial charge in [0.2, 0.25) is 0 Å². The summed E-state index contributed by atoms with van der Waals surface area (Å²) < 4.78 is 5.06. The lowest BCUT2D eigenvalue weighted by molar-refractivity contribution is -0.147. The molecule has 1 rings (SSSR count). The highest BCUT2D eigenvalue weighted by molar-refractivity contribution is 5.80. The molecule has 1 fully saturated rings. The molecular formula is C13H25N3O2. The Kier molecular flexibility index (Phi) is 6.54. The number of ether oxygens (including phenoxy) is 1. The van der Waals surface area contributed by atoms with E-state index in [1.165, 1.54) is 25.7 Å². The molecule has 0 bridgehead atoms. The largest absolute Gasteiger partial charge is 0.463 e. The van der Waals surface area contributed by atoms with Gasteiger partial charge in [0, 0.05) is 19.6 Å². The molecule has 0 amide bonds. The van der Waals surface area contributed by atoms with Crippen LogP contribution in [0.1, 0.15) is 46.0 Å².